The summed E-state index contributed by atoms with van der Waals surface area (Å²) in [6, 6.07) is 7.23. The molecule has 2 aromatic rings. The third-order valence-electron chi connectivity index (χ3n) is 5.55. The first-order chi connectivity index (χ1) is 17.7. The maximum Gasteiger partial charge on any atom is 0.510 e. The van der Waals surface area contributed by atoms with Gasteiger partial charge in [0.15, 0.2) is 11.9 Å². The Morgan fingerprint density at radius 2 is 2.05 bits per heavy atom. The summed E-state index contributed by atoms with van der Waals surface area (Å²) in [6.45, 7) is 4.50. The molecule has 1 aliphatic carbocycles. The van der Waals surface area contributed by atoms with Gasteiger partial charge in [0.1, 0.15) is 29.8 Å². The molecular weight excluding hydrogens is 504 g/mol. The van der Waals surface area contributed by atoms with Gasteiger partial charge < -0.3 is 19.0 Å². The molecule has 1 aromatic carbocycles. The van der Waals surface area contributed by atoms with Crippen molar-refractivity contribution in [2.75, 3.05) is 6.61 Å². The highest BCUT2D eigenvalue weighted by Crippen LogP contribution is 2.43. The van der Waals surface area contributed by atoms with Gasteiger partial charge in [-0.1, -0.05) is 12.1 Å². The second kappa shape index (κ2) is 11.0. The van der Waals surface area contributed by atoms with E-state index in [9.17, 15) is 23.6 Å². The number of hydrogen-bond donors (Lipinski definition) is 3. The van der Waals surface area contributed by atoms with E-state index in [-0.39, 0.29) is 34.3 Å². The summed E-state index contributed by atoms with van der Waals surface area (Å²) in [5.41, 5.74) is 0.557. The number of halogens is 2. The first-order valence-electron chi connectivity index (χ1n) is 11.6. The van der Waals surface area contributed by atoms with Gasteiger partial charge in [0, 0.05) is 24.0 Å². The number of aliphatic carboxylic acids is 1. The van der Waals surface area contributed by atoms with E-state index >= 15 is 0 Å². The lowest BCUT2D eigenvalue weighted by Crippen LogP contribution is -2.33. The third-order valence-corrected chi connectivity index (χ3v) is 5.55. The van der Waals surface area contributed by atoms with E-state index in [0.717, 1.165) is 19.8 Å². The zero-order chi connectivity index (χ0) is 28.3. The average molecular weight is 532 g/mol. The third kappa shape index (κ3) is 6.90. The number of ether oxygens (including phenoxy) is 2. The van der Waals surface area contributed by atoms with Crippen molar-refractivity contribution in [3.8, 4) is 17.5 Å². The molecule has 11 nitrogen and oxygen atoms in total. The van der Waals surface area contributed by atoms with Gasteiger partial charge in [-0.15, -0.1) is 0 Å². The zero-order valence-electron chi connectivity index (χ0n) is 21.2. The zero-order valence-corrected chi connectivity index (χ0v) is 21.2. The fraction of sp³-hybridized carbons (Fsp3) is 0.440. The molecule has 0 aliphatic heterocycles. The first-order valence-corrected chi connectivity index (χ1v) is 11.6. The van der Waals surface area contributed by atoms with E-state index in [1.165, 1.54) is 39.0 Å². The highest BCUT2D eigenvalue weighted by Gasteiger charge is 2.35. The molecule has 1 saturated carbocycles. The molecule has 13 heteroatoms. The molecule has 1 unspecified atom stereocenters. The maximum absolute atomic E-state index is 13.8. The SMILES string of the molecule is CC(N/N=C(\C(=N)C#N)c1nc(-c2cccc(C(C)(F)F)c2)oc1C1CC1)OC(=O)OCC(C)(C)C(=O)O. The Morgan fingerprint density at radius 1 is 1.37 bits per heavy atom. The molecule has 0 bridgehead atoms. The van der Waals surface area contributed by atoms with Crippen LogP contribution in [0.3, 0.4) is 0 Å². The predicted molar refractivity (Wildman–Crippen MR) is 130 cm³/mol. The Bertz CT molecular complexity index is 1300. The quantitative estimate of drug-likeness (QED) is 0.160. The van der Waals surface area contributed by atoms with Crippen LogP contribution in [0.1, 0.15) is 63.5 Å². The Labute approximate surface area is 217 Å². The van der Waals surface area contributed by atoms with Crippen LogP contribution in [0.5, 0.6) is 0 Å². The standard InChI is InChI=1S/C25H27F2N5O6/c1-13(37-23(35)36-12-24(2,3)22(33)34)31-32-18(17(29)11-28)19-20(14-8-9-14)38-21(30-19)15-6-5-7-16(10-15)25(4,26)27/h5-7,10,13-14,29,31H,8-9,12H2,1-4H3,(H,33,34)/b29-17?,32-18+. The van der Waals surface area contributed by atoms with Crippen LogP contribution in [-0.4, -0.2) is 46.5 Å². The number of nitrogens with one attached hydrogen (secondary N) is 2. The summed E-state index contributed by atoms with van der Waals surface area (Å²) < 4.78 is 43.4. The molecule has 0 radical (unpaired) electrons. The Morgan fingerprint density at radius 3 is 2.63 bits per heavy atom. The lowest BCUT2D eigenvalue weighted by molar-refractivity contribution is -0.149. The van der Waals surface area contributed by atoms with Crippen LogP contribution in [0.15, 0.2) is 33.8 Å². The molecule has 0 saturated heterocycles. The second-order valence-corrected chi connectivity index (χ2v) is 9.54. The van der Waals surface area contributed by atoms with Crippen molar-refractivity contribution in [2.45, 2.75) is 58.6 Å². The molecule has 3 N–H and O–H groups in total. The fourth-order valence-electron chi connectivity index (χ4n) is 3.11. The maximum atomic E-state index is 13.8. The second-order valence-electron chi connectivity index (χ2n) is 9.54. The van der Waals surface area contributed by atoms with Gasteiger partial charge in [0.25, 0.3) is 5.92 Å². The molecule has 1 heterocycles. The number of hydrazone groups is 1. The average Bonchev–Trinajstić information content (AvgIpc) is 3.61. The smallest absolute Gasteiger partial charge is 0.481 e. The molecule has 1 atom stereocenters. The van der Waals surface area contributed by atoms with Crippen LogP contribution in [0, 0.1) is 22.2 Å². The minimum absolute atomic E-state index is 0.0281. The fourth-order valence-corrected chi connectivity index (χ4v) is 3.11. The molecule has 3 rings (SSSR count). The van der Waals surface area contributed by atoms with Gasteiger partial charge in [-0.2, -0.15) is 10.4 Å². The number of hydrogen-bond acceptors (Lipinski definition) is 10. The topological polar surface area (TPSA) is 171 Å². The lowest BCUT2D eigenvalue weighted by Gasteiger charge is -2.19. The van der Waals surface area contributed by atoms with E-state index in [1.54, 1.807) is 12.1 Å². The number of carbonyl (C=O) groups is 2. The number of alkyl halides is 2. The number of aromatic nitrogens is 1. The van der Waals surface area contributed by atoms with Gasteiger partial charge >= 0.3 is 12.1 Å². The Kier molecular flexibility index (Phi) is 8.14. The normalized spacial score (nSPS) is 14.8. The van der Waals surface area contributed by atoms with E-state index < -0.39 is 42.0 Å². The van der Waals surface area contributed by atoms with Crippen LogP contribution >= 0.6 is 0 Å². The van der Waals surface area contributed by atoms with Crippen LogP contribution in [-0.2, 0) is 20.2 Å². The van der Waals surface area contributed by atoms with Gasteiger partial charge in [-0.3, -0.25) is 15.6 Å². The van der Waals surface area contributed by atoms with E-state index in [2.05, 4.69) is 15.5 Å². The summed E-state index contributed by atoms with van der Waals surface area (Å²) in [5, 5.41) is 30.6. The largest absolute Gasteiger partial charge is 0.510 e. The van der Waals surface area contributed by atoms with Crippen molar-refractivity contribution >= 4 is 23.5 Å². The molecule has 1 fully saturated rings. The van der Waals surface area contributed by atoms with Gasteiger partial charge in [-0.25, -0.2) is 18.6 Å². The summed E-state index contributed by atoms with van der Waals surface area (Å²) in [6.07, 6.45) is -0.710. The van der Waals surface area contributed by atoms with E-state index in [4.69, 9.17) is 24.4 Å². The first kappa shape index (κ1) is 28.2. The van der Waals surface area contributed by atoms with E-state index in [0.29, 0.717) is 5.76 Å². The van der Waals surface area contributed by atoms with Gasteiger partial charge in [-0.05, 0) is 45.7 Å². The molecule has 1 aliphatic rings. The summed E-state index contributed by atoms with van der Waals surface area (Å²) in [5.74, 6) is -3.89. The summed E-state index contributed by atoms with van der Waals surface area (Å²) >= 11 is 0. The number of nitrogens with zero attached hydrogens (tertiary/aromatic N) is 3. The lowest BCUT2D eigenvalue weighted by atomic mass is 9.95. The van der Waals surface area contributed by atoms with Crippen molar-refractivity contribution in [3.05, 3.63) is 41.3 Å². The number of rotatable bonds is 11. The molecule has 0 amide bonds. The Hall–Kier alpha value is -4.34. The van der Waals surface area contributed by atoms with Crippen molar-refractivity contribution in [3.63, 3.8) is 0 Å². The van der Waals surface area contributed by atoms with Crippen molar-refractivity contribution in [1.82, 2.24) is 10.4 Å². The predicted octanol–water partition coefficient (Wildman–Crippen LogP) is 4.78. The van der Waals surface area contributed by atoms with Gasteiger partial charge in [0.05, 0.1) is 5.41 Å². The van der Waals surface area contributed by atoms with Crippen molar-refractivity contribution < 1.29 is 37.4 Å². The minimum Gasteiger partial charge on any atom is -0.481 e. The molecule has 38 heavy (non-hydrogen) atoms. The highest BCUT2D eigenvalue weighted by atomic mass is 19.3. The van der Waals surface area contributed by atoms with E-state index in [1.807, 2.05) is 0 Å². The number of nitriles is 1. The molecule has 1 aromatic heterocycles. The summed E-state index contributed by atoms with van der Waals surface area (Å²) in [7, 11) is 0. The van der Waals surface area contributed by atoms with Crippen molar-refractivity contribution in [1.29, 1.82) is 10.7 Å². The summed E-state index contributed by atoms with van der Waals surface area (Å²) in [4.78, 5) is 27.5. The molecule has 0 spiro atoms. The highest BCUT2D eigenvalue weighted by molar-refractivity contribution is 6.52. The number of carboxylic acid groups (broad SMARTS) is 1. The van der Waals surface area contributed by atoms with Crippen LogP contribution in [0.25, 0.3) is 11.5 Å². The van der Waals surface area contributed by atoms with Crippen LogP contribution < -0.4 is 5.43 Å². The number of carbonyl (C=O) groups excluding carboxylic acids is 1. The van der Waals surface area contributed by atoms with Crippen LogP contribution in [0.2, 0.25) is 0 Å². The van der Waals surface area contributed by atoms with Gasteiger partial charge in [0.2, 0.25) is 5.89 Å². The monoisotopic (exact) mass is 531 g/mol. The van der Waals surface area contributed by atoms with Crippen molar-refractivity contribution in [2.24, 2.45) is 10.5 Å². The number of carboxylic acids is 1. The number of oxazole rings is 1. The molecule has 202 valence electrons. The van der Waals surface area contributed by atoms with Crippen LogP contribution in [0.4, 0.5) is 13.6 Å². The minimum atomic E-state index is -3.08. The Balaban J connectivity index is 1.84. The molecular formula is C25H27F2N5O6. The number of benzene rings is 1.